The van der Waals surface area contributed by atoms with Gasteiger partial charge in [-0.3, -0.25) is 4.98 Å². The van der Waals surface area contributed by atoms with Crippen LogP contribution in [-0.4, -0.2) is 24.9 Å². The van der Waals surface area contributed by atoms with E-state index in [9.17, 15) is 0 Å². The van der Waals surface area contributed by atoms with E-state index in [1.165, 1.54) is 5.56 Å². The molecule has 4 aromatic heterocycles. The van der Waals surface area contributed by atoms with Gasteiger partial charge in [-0.05, 0) is 41.5 Å². The van der Waals surface area contributed by atoms with Crippen LogP contribution < -0.4 is 0 Å². The number of fused-ring (bicyclic) bond motifs is 4. The van der Waals surface area contributed by atoms with Crippen LogP contribution in [0.25, 0.3) is 78.0 Å². The van der Waals surface area contributed by atoms with Crippen LogP contribution in [0.4, 0.5) is 0 Å². The number of hydrogen-bond acceptors (Lipinski definition) is 5. The lowest BCUT2D eigenvalue weighted by Gasteiger charge is -2.11. The quantitative estimate of drug-likeness (QED) is 0.210. The number of hydrogen-bond donors (Lipinski definition) is 0. The van der Waals surface area contributed by atoms with Gasteiger partial charge in [0.05, 0.1) is 33.6 Å². The van der Waals surface area contributed by atoms with Gasteiger partial charge in [0, 0.05) is 27.9 Å². The molecule has 0 N–H and O–H groups in total. The van der Waals surface area contributed by atoms with Crippen molar-refractivity contribution in [1.82, 2.24) is 24.9 Å². The minimum Gasteiger partial charge on any atom is -0.254 e. The molecule has 0 fully saturated rings. The monoisotopic (exact) mass is 537 g/mol. The predicted octanol–water partition coefficient (Wildman–Crippen LogP) is 8.79. The fraction of sp³-hybridized carbons (Fsp3) is 0. The van der Waals surface area contributed by atoms with Crippen LogP contribution in [0.2, 0.25) is 0 Å². The first-order valence-corrected chi connectivity index (χ1v) is 13.9. The SMILES string of the molecule is c1ccc(-c2ccc(-c3nc(-c4cccc(-c5ccc6ccc7cccnc7c6n5)n4)nc4ccccc34)cc2)cc1. The Bertz CT molecular complexity index is 2240. The third-order valence-corrected chi connectivity index (χ3v) is 7.54. The largest absolute Gasteiger partial charge is 0.254 e. The molecule has 0 saturated carbocycles. The Balaban J connectivity index is 1.23. The summed E-state index contributed by atoms with van der Waals surface area (Å²) < 4.78 is 0. The second kappa shape index (κ2) is 9.98. The second-order valence-electron chi connectivity index (χ2n) is 10.2. The zero-order chi connectivity index (χ0) is 27.9. The maximum Gasteiger partial charge on any atom is 0.179 e. The zero-order valence-corrected chi connectivity index (χ0v) is 22.5. The molecule has 42 heavy (non-hydrogen) atoms. The Morgan fingerprint density at radius 2 is 1.07 bits per heavy atom. The normalized spacial score (nSPS) is 11.3. The zero-order valence-electron chi connectivity index (χ0n) is 22.5. The predicted molar refractivity (Wildman–Crippen MR) is 170 cm³/mol. The molecule has 0 saturated heterocycles. The third-order valence-electron chi connectivity index (χ3n) is 7.54. The Hall–Kier alpha value is -5.81. The van der Waals surface area contributed by atoms with Crippen molar-refractivity contribution in [3.8, 4) is 45.3 Å². The van der Waals surface area contributed by atoms with Gasteiger partial charge in [-0.15, -0.1) is 0 Å². The molecular formula is C37H23N5. The number of para-hydroxylation sites is 1. The molecule has 0 spiro atoms. The highest BCUT2D eigenvalue weighted by Gasteiger charge is 2.14. The van der Waals surface area contributed by atoms with Crippen LogP contribution in [-0.2, 0) is 0 Å². The lowest BCUT2D eigenvalue weighted by Crippen LogP contribution is -1.98. The smallest absolute Gasteiger partial charge is 0.179 e. The summed E-state index contributed by atoms with van der Waals surface area (Å²) >= 11 is 0. The molecular weight excluding hydrogens is 514 g/mol. The summed E-state index contributed by atoms with van der Waals surface area (Å²) in [7, 11) is 0. The van der Waals surface area contributed by atoms with Gasteiger partial charge in [0.15, 0.2) is 5.82 Å². The number of rotatable bonds is 4. The van der Waals surface area contributed by atoms with Gasteiger partial charge in [-0.2, -0.15) is 0 Å². The molecule has 0 aliphatic rings. The van der Waals surface area contributed by atoms with Gasteiger partial charge in [0.25, 0.3) is 0 Å². The second-order valence-corrected chi connectivity index (χ2v) is 10.2. The Kier molecular flexibility index (Phi) is 5.71. The van der Waals surface area contributed by atoms with E-state index in [4.69, 9.17) is 19.9 Å². The van der Waals surface area contributed by atoms with E-state index in [-0.39, 0.29) is 0 Å². The first kappa shape index (κ1) is 24.0. The van der Waals surface area contributed by atoms with E-state index < -0.39 is 0 Å². The first-order chi connectivity index (χ1) is 20.8. The van der Waals surface area contributed by atoms with Crippen LogP contribution in [0.15, 0.2) is 140 Å². The molecule has 5 heteroatoms. The number of benzene rings is 4. The molecule has 4 heterocycles. The molecule has 5 nitrogen and oxygen atoms in total. The summed E-state index contributed by atoms with van der Waals surface area (Å²) in [5, 5.41) is 3.10. The first-order valence-electron chi connectivity index (χ1n) is 13.9. The van der Waals surface area contributed by atoms with Crippen molar-refractivity contribution < 1.29 is 0 Å². The highest BCUT2D eigenvalue weighted by atomic mass is 14.9. The van der Waals surface area contributed by atoms with Gasteiger partial charge in [0.2, 0.25) is 0 Å². The van der Waals surface area contributed by atoms with Crippen LogP contribution in [0, 0.1) is 0 Å². The highest BCUT2D eigenvalue weighted by Crippen LogP contribution is 2.31. The molecule has 8 aromatic rings. The van der Waals surface area contributed by atoms with E-state index in [0.29, 0.717) is 11.5 Å². The molecule has 0 bridgehead atoms. The Labute approximate surface area is 242 Å². The third kappa shape index (κ3) is 4.25. The van der Waals surface area contributed by atoms with E-state index in [0.717, 1.165) is 60.9 Å². The number of nitrogens with zero attached hydrogens (tertiary/aromatic N) is 5. The molecule has 0 radical (unpaired) electrons. The maximum absolute atomic E-state index is 5.07. The molecule has 4 aromatic carbocycles. The topological polar surface area (TPSA) is 64.5 Å². The summed E-state index contributed by atoms with van der Waals surface area (Å²) in [5.74, 6) is 0.575. The van der Waals surface area contributed by atoms with Crippen molar-refractivity contribution in [2.24, 2.45) is 0 Å². The molecule has 0 atom stereocenters. The van der Waals surface area contributed by atoms with Crippen molar-refractivity contribution in [2.45, 2.75) is 0 Å². The average molecular weight is 538 g/mol. The summed E-state index contributed by atoms with van der Waals surface area (Å²) in [5.41, 5.74) is 9.10. The van der Waals surface area contributed by atoms with E-state index in [1.807, 2.05) is 54.6 Å². The average Bonchev–Trinajstić information content (AvgIpc) is 3.08. The van der Waals surface area contributed by atoms with Crippen LogP contribution in [0.1, 0.15) is 0 Å². The molecule has 0 aliphatic carbocycles. The minimum atomic E-state index is 0.575. The van der Waals surface area contributed by atoms with Gasteiger partial charge in [-0.25, -0.2) is 19.9 Å². The lowest BCUT2D eigenvalue weighted by molar-refractivity contribution is 1.17. The van der Waals surface area contributed by atoms with Crippen LogP contribution in [0.3, 0.4) is 0 Å². The van der Waals surface area contributed by atoms with Crippen LogP contribution in [0.5, 0.6) is 0 Å². The summed E-state index contributed by atoms with van der Waals surface area (Å²) in [6, 6.07) is 45.2. The summed E-state index contributed by atoms with van der Waals surface area (Å²) in [6.07, 6.45) is 1.80. The summed E-state index contributed by atoms with van der Waals surface area (Å²) in [6.45, 7) is 0. The van der Waals surface area contributed by atoms with Crippen molar-refractivity contribution >= 4 is 32.7 Å². The molecule has 0 amide bonds. The molecule has 0 aliphatic heterocycles. The van der Waals surface area contributed by atoms with Crippen LogP contribution >= 0.6 is 0 Å². The maximum atomic E-state index is 5.07. The molecule has 0 unspecified atom stereocenters. The van der Waals surface area contributed by atoms with Crippen molar-refractivity contribution in [3.63, 3.8) is 0 Å². The van der Waals surface area contributed by atoms with E-state index in [1.54, 1.807) is 6.20 Å². The molecule has 8 rings (SSSR count). The fourth-order valence-electron chi connectivity index (χ4n) is 5.43. The van der Waals surface area contributed by atoms with Gasteiger partial charge in [-0.1, -0.05) is 103 Å². The highest BCUT2D eigenvalue weighted by molar-refractivity contribution is 6.03. The van der Waals surface area contributed by atoms with Gasteiger partial charge < -0.3 is 0 Å². The Morgan fingerprint density at radius 1 is 0.381 bits per heavy atom. The number of aromatic nitrogens is 5. The molecule has 196 valence electrons. The minimum absolute atomic E-state index is 0.575. The van der Waals surface area contributed by atoms with Gasteiger partial charge in [0.1, 0.15) is 5.69 Å². The Morgan fingerprint density at radius 3 is 1.95 bits per heavy atom. The summed E-state index contributed by atoms with van der Waals surface area (Å²) in [4.78, 5) is 24.6. The van der Waals surface area contributed by atoms with Crippen molar-refractivity contribution in [2.75, 3.05) is 0 Å². The lowest BCUT2D eigenvalue weighted by atomic mass is 10.0. The number of pyridine rings is 3. The van der Waals surface area contributed by atoms with E-state index >= 15 is 0 Å². The van der Waals surface area contributed by atoms with Crippen molar-refractivity contribution in [3.05, 3.63) is 140 Å². The van der Waals surface area contributed by atoms with Gasteiger partial charge >= 0.3 is 0 Å². The van der Waals surface area contributed by atoms with Crippen molar-refractivity contribution in [1.29, 1.82) is 0 Å². The van der Waals surface area contributed by atoms with E-state index in [2.05, 4.69) is 83.8 Å². The standard InChI is InChI=1S/C37H23N5/c1-2-8-24(9-3-1)25-15-17-27(18-16-25)34-29-11-4-5-12-30(29)41-37(42-34)33-14-6-13-31(39-33)32-22-21-28-20-19-26-10-7-23-38-35(26)36(28)40-32/h1-23H. The fourth-order valence-corrected chi connectivity index (χ4v) is 5.43.